The van der Waals surface area contributed by atoms with E-state index in [0.29, 0.717) is 12.8 Å². The summed E-state index contributed by atoms with van der Waals surface area (Å²) in [4.78, 5) is 25.1. The summed E-state index contributed by atoms with van der Waals surface area (Å²) in [5.41, 5.74) is 0. The lowest BCUT2D eigenvalue weighted by Crippen LogP contribution is -2.59. The van der Waals surface area contributed by atoms with Gasteiger partial charge in [-0.05, 0) is 51.4 Å². The second-order valence-electron chi connectivity index (χ2n) is 13.1. The summed E-state index contributed by atoms with van der Waals surface area (Å²) in [5, 5.41) is 39.9. The maximum absolute atomic E-state index is 12.7. The number of carbonyl (C=O) groups is 2. The average Bonchev–Trinajstić information content (AvgIpc) is 3.13. The summed E-state index contributed by atoms with van der Waals surface area (Å²) < 4.78 is 21.9. The molecule has 1 aliphatic heterocycles. The first-order valence-corrected chi connectivity index (χ1v) is 19.4. The first-order valence-electron chi connectivity index (χ1n) is 19.4. The third kappa shape index (κ3) is 24.3. The number of hydrogen-bond acceptors (Lipinski definition) is 10. The van der Waals surface area contributed by atoms with Crippen LogP contribution in [-0.2, 0) is 28.5 Å². The van der Waals surface area contributed by atoms with Gasteiger partial charge in [-0.25, -0.2) is 0 Å². The summed E-state index contributed by atoms with van der Waals surface area (Å²) in [5.74, 6) is -0.917. The number of aliphatic hydroxyl groups is 4. The van der Waals surface area contributed by atoms with Crippen molar-refractivity contribution in [1.29, 1.82) is 0 Å². The lowest BCUT2D eigenvalue weighted by Gasteiger charge is -2.39. The van der Waals surface area contributed by atoms with Crippen molar-refractivity contribution in [3.05, 3.63) is 60.8 Å². The SMILES string of the molecule is CC/C=C/C=C/C=C/CCCCCCCC(=O)OCC(CO[C@H]1O[C@@H](CO)[C@@H](O)C(O)C1O)OC(=O)CC/C=C/C/C=C/CCCCCCCC. The fourth-order valence-electron chi connectivity index (χ4n) is 5.36. The number of aliphatic hydroxyl groups excluding tert-OH is 4. The maximum atomic E-state index is 12.7. The van der Waals surface area contributed by atoms with Gasteiger partial charge >= 0.3 is 11.9 Å². The standard InChI is InChI=1S/C41H68O10/c1-3-5-7-9-11-13-15-17-19-21-23-25-27-29-36(43)48-32-34(33-49-41-40(47)39(46)38(45)35(31-42)51-41)50-37(44)30-28-26-24-22-20-18-16-14-12-10-8-6-4-2/h5,7,9,11,13,15,18,20,24,26,34-35,38-42,45-47H,3-4,6,8,10,12,14,16-17,19,21-23,25,27-33H2,1-2H3/b7-5+,11-9+,15-13+,20-18+,26-24+/t34?,35-,38+,39?,40?,41-/m0/s1. The molecule has 1 fully saturated rings. The van der Waals surface area contributed by atoms with Gasteiger partial charge in [0.05, 0.1) is 13.2 Å². The van der Waals surface area contributed by atoms with Crippen molar-refractivity contribution in [2.75, 3.05) is 19.8 Å². The van der Waals surface area contributed by atoms with E-state index in [0.717, 1.165) is 51.4 Å². The van der Waals surface area contributed by atoms with Crippen molar-refractivity contribution in [2.45, 2.75) is 166 Å². The van der Waals surface area contributed by atoms with Crippen LogP contribution in [0.15, 0.2) is 60.8 Å². The molecule has 3 unspecified atom stereocenters. The number of esters is 2. The number of carbonyl (C=O) groups excluding carboxylic acids is 2. The number of unbranched alkanes of at least 4 members (excludes halogenated alkanes) is 11. The number of allylic oxidation sites excluding steroid dienone is 10. The highest BCUT2D eigenvalue weighted by Crippen LogP contribution is 2.22. The van der Waals surface area contributed by atoms with E-state index in [1.54, 1.807) is 0 Å². The van der Waals surface area contributed by atoms with E-state index in [-0.39, 0.29) is 26.1 Å². The van der Waals surface area contributed by atoms with Crippen LogP contribution in [0.3, 0.4) is 0 Å². The van der Waals surface area contributed by atoms with Crippen molar-refractivity contribution in [2.24, 2.45) is 0 Å². The average molecular weight is 721 g/mol. The van der Waals surface area contributed by atoms with Gasteiger partial charge in [0.1, 0.15) is 31.0 Å². The molecule has 0 bridgehead atoms. The van der Waals surface area contributed by atoms with Gasteiger partial charge in [-0.2, -0.15) is 0 Å². The number of rotatable bonds is 30. The lowest BCUT2D eigenvalue weighted by atomic mass is 9.99. The van der Waals surface area contributed by atoms with Crippen LogP contribution in [0.2, 0.25) is 0 Å². The monoisotopic (exact) mass is 720 g/mol. The number of hydrogen-bond donors (Lipinski definition) is 4. The Morgan fingerprint density at radius 2 is 1.27 bits per heavy atom. The predicted molar refractivity (Wildman–Crippen MR) is 201 cm³/mol. The smallest absolute Gasteiger partial charge is 0.306 e. The predicted octanol–water partition coefficient (Wildman–Crippen LogP) is 7.10. The van der Waals surface area contributed by atoms with Gasteiger partial charge in [-0.3, -0.25) is 9.59 Å². The highest BCUT2D eigenvalue weighted by Gasteiger charge is 2.44. The molecule has 10 heteroatoms. The fraction of sp³-hybridized carbons (Fsp3) is 0.707. The summed E-state index contributed by atoms with van der Waals surface area (Å²) in [7, 11) is 0. The van der Waals surface area contributed by atoms with Crippen LogP contribution in [0.1, 0.15) is 129 Å². The maximum Gasteiger partial charge on any atom is 0.306 e. The van der Waals surface area contributed by atoms with E-state index in [4.69, 9.17) is 18.9 Å². The molecule has 51 heavy (non-hydrogen) atoms. The summed E-state index contributed by atoms with van der Waals surface area (Å²) >= 11 is 0. The van der Waals surface area contributed by atoms with Crippen molar-refractivity contribution in [3.8, 4) is 0 Å². The zero-order valence-electron chi connectivity index (χ0n) is 31.3. The molecule has 0 aromatic carbocycles. The molecule has 0 aliphatic carbocycles. The largest absolute Gasteiger partial charge is 0.462 e. The fourth-order valence-corrected chi connectivity index (χ4v) is 5.36. The van der Waals surface area contributed by atoms with Crippen LogP contribution in [0.25, 0.3) is 0 Å². The zero-order valence-corrected chi connectivity index (χ0v) is 31.3. The summed E-state index contributed by atoms with van der Waals surface area (Å²) in [6.45, 7) is 3.16. The minimum absolute atomic E-state index is 0.116. The molecule has 0 aromatic heterocycles. The molecule has 6 atom stereocenters. The van der Waals surface area contributed by atoms with Crippen molar-refractivity contribution >= 4 is 11.9 Å². The molecule has 0 amide bonds. The summed E-state index contributed by atoms with van der Waals surface area (Å²) in [6, 6.07) is 0. The van der Waals surface area contributed by atoms with Gasteiger partial charge in [0.2, 0.25) is 0 Å². The highest BCUT2D eigenvalue weighted by molar-refractivity contribution is 5.70. The van der Waals surface area contributed by atoms with Gasteiger partial charge in [0, 0.05) is 12.8 Å². The van der Waals surface area contributed by atoms with Gasteiger partial charge < -0.3 is 39.4 Å². The Kier molecular flexibility index (Phi) is 29.2. The third-order valence-corrected chi connectivity index (χ3v) is 8.46. The van der Waals surface area contributed by atoms with E-state index in [2.05, 4.69) is 44.2 Å². The van der Waals surface area contributed by atoms with Crippen LogP contribution >= 0.6 is 0 Å². The normalized spacial score (nSPS) is 21.9. The van der Waals surface area contributed by atoms with Gasteiger partial charge in [-0.1, -0.05) is 126 Å². The Hall–Kier alpha value is -2.60. The van der Waals surface area contributed by atoms with E-state index < -0.39 is 55.4 Å². The van der Waals surface area contributed by atoms with Gasteiger partial charge in [0.15, 0.2) is 12.4 Å². The Morgan fingerprint density at radius 1 is 0.647 bits per heavy atom. The third-order valence-electron chi connectivity index (χ3n) is 8.46. The molecular formula is C41H68O10. The molecule has 1 saturated heterocycles. The minimum atomic E-state index is -1.61. The molecule has 0 spiro atoms. The Labute approximate surface area is 307 Å². The Morgan fingerprint density at radius 3 is 1.96 bits per heavy atom. The van der Waals surface area contributed by atoms with Crippen molar-refractivity contribution < 1.29 is 49.0 Å². The molecule has 1 aliphatic rings. The quantitative estimate of drug-likeness (QED) is 0.0262. The van der Waals surface area contributed by atoms with Crippen LogP contribution in [-0.4, -0.2) is 89.0 Å². The summed E-state index contributed by atoms with van der Waals surface area (Å²) in [6.07, 6.45) is 29.6. The van der Waals surface area contributed by atoms with Crippen LogP contribution in [0, 0.1) is 0 Å². The van der Waals surface area contributed by atoms with Crippen molar-refractivity contribution in [3.63, 3.8) is 0 Å². The first-order chi connectivity index (χ1) is 24.8. The molecule has 292 valence electrons. The van der Waals surface area contributed by atoms with E-state index in [9.17, 15) is 30.0 Å². The van der Waals surface area contributed by atoms with Gasteiger partial charge in [-0.15, -0.1) is 0 Å². The molecular weight excluding hydrogens is 652 g/mol. The Balaban J connectivity index is 2.46. The molecule has 4 N–H and O–H groups in total. The minimum Gasteiger partial charge on any atom is -0.462 e. The second-order valence-corrected chi connectivity index (χ2v) is 13.1. The number of ether oxygens (including phenoxy) is 4. The molecule has 0 aromatic rings. The first kappa shape index (κ1) is 46.4. The van der Waals surface area contributed by atoms with E-state index >= 15 is 0 Å². The van der Waals surface area contributed by atoms with Crippen LogP contribution in [0.5, 0.6) is 0 Å². The zero-order chi connectivity index (χ0) is 37.4. The Bertz CT molecular complexity index is 1020. The van der Waals surface area contributed by atoms with E-state index in [1.165, 1.54) is 38.5 Å². The lowest BCUT2D eigenvalue weighted by molar-refractivity contribution is -0.305. The molecule has 0 saturated carbocycles. The van der Waals surface area contributed by atoms with Crippen LogP contribution < -0.4 is 0 Å². The highest BCUT2D eigenvalue weighted by atomic mass is 16.7. The van der Waals surface area contributed by atoms with Crippen LogP contribution in [0.4, 0.5) is 0 Å². The van der Waals surface area contributed by atoms with Crippen molar-refractivity contribution in [1.82, 2.24) is 0 Å². The topological polar surface area (TPSA) is 152 Å². The molecule has 10 nitrogen and oxygen atoms in total. The molecule has 1 rings (SSSR count). The molecule has 0 radical (unpaired) electrons. The second kappa shape index (κ2) is 32.1. The van der Waals surface area contributed by atoms with E-state index in [1.807, 2.05) is 30.4 Å². The molecule has 1 heterocycles. The van der Waals surface area contributed by atoms with Gasteiger partial charge in [0.25, 0.3) is 0 Å².